The Hall–Kier alpha value is -2.29. The molecule has 150 valence electrons. The summed E-state index contributed by atoms with van der Waals surface area (Å²) in [6, 6.07) is 7.80. The molecule has 1 saturated heterocycles. The zero-order chi connectivity index (χ0) is 20.0. The van der Waals surface area contributed by atoms with Crippen LogP contribution >= 0.6 is 0 Å². The van der Waals surface area contributed by atoms with E-state index in [-0.39, 0.29) is 5.91 Å². The first-order valence-corrected chi connectivity index (χ1v) is 10.9. The lowest BCUT2D eigenvalue weighted by atomic mass is 10.1. The Morgan fingerprint density at radius 3 is 2.11 bits per heavy atom. The van der Waals surface area contributed by atoms with Gasteiger partial charge in [0.1, 0.15) is 6.04 Å². The maximum Gasteiger partial charge on any atom is 0.409 e. The number of benzene rings is 1. The van der Waals surface area contributed by atoms with E-state index < -0.39 is 22.2 Å². The Morgan fingerprint density at radius 1 is 1.07 bits per heavy atom. The molecule has 2 rings (SSSR count). The number of rotatable bonds is 6. The van der Waals surface area contributed by atoms with E-state index in [0.29, 0.717) is 44.9 Å². The van der Waals surface area contributed by atoms with Gasteiger partial charge in [0.15, 0.2) is 0 Å². The molecule has 1 aliphatic heterocycles. The Labute approximate surface area is 160 Å². The summed E-state index contributed by atoms with van der Waals surface area (Å²) in [5.74, 6) is -0.254. The van der Waals surface area contributed by atoms with Crippen molar-refractivity contribution in [3.63, 3.8) is 0 Å². The SMILES string of the molecule is CCOC(=O)N1CCN(C(=O)[C@H](CC)N(c2ccccc2)S(C)(=O)=O)CC1. The van der Waals surface area contributed by atoms with Crippen LogP contribution in [0.25, 0.3) is 0 Å². The van der Waals surface area contributed by atoms with Crippen molar-refractivity contribution in [2.45, 2.75) is 26.3 Å². The van der Waals surface area contributed by atoms with Crippen LogP contribution in [-0.2, 0) is 19.6 Å². The van der Waals surface area contributed by atoms with Crippen molar-refractivity contribution in [1.82, 2.24) is 9.80 Å². The zero-order valence-corrected chi connectivity index (χ0v) is 16.8. The molecule has 27 heavy (non-hydrogen) atoms. The van der Waals surface area contributed by atoms with Gasteiger partial charge in [-0.05, 0) is 25.5 Å². The van der Waals surface area contributed by atoms with Gasteiger partial charge in [-0.3, -0.25) is 9.10 Å². The molecule has 0 spiro atoms. The predicted molar refractivity (Wildman–Crippen MR) is 103 cm³/mol. The summed E-state index contributed by atoms with van der Waals surface area (Å²) in [5.41, 5.74) is 0.463. The van der Waals surface area contributed by atoms with E-state index >= 15 is 0 Å². The number of nitrogens with zero attached hydrogens (tertiary/aromatic N) is 3. The summed E-state index contributed by atoms with van der Waals surface area (Å²) < 4.78 is 31.0. The van der Waals surface area contributed by atoms with Gasteiger partial charge in [-0.1, -0.05) is 25.1 Å². The third-order valence-electron chi connectivity index (χ3n) is 4.44. The normalized spacial score (nSPS) is 16.0. The minimum Gasteiger partial charge on any atom is -0.450 e. The molecule has 1 aromatic carbocycles. The topological polar surface area (TPSA) is 87.2 Å². The number of carbonyl (C=O) groups excluding carboxylic acids is 2. The molecule has 0 bridgehead atoms. The Bertz CT molecular complexity index is 746. The fourth-order valence-electron chi connectivity index (χ4n) is 3.15. The van der Waals surface area contributed by atoms with Crippen molar-refractivity contribution in [3.8, 4) is 0 Å². The molecule has 1 fully saturated rings. The van der Waals surface area contributed by atoms with Crippen LogP contribution in [-0.4, -0.2) is 75.3 Å². The number of hydrogen-bond acceptors (Lipinski definition) is 5. The van der Waals surface area contributed by atoms with Gasteiger partial charge >= 0.3 is 6.09 Å². The van der Waals surface area contributed by atoms with Crippen LogP contribution in [0.15, 0.2) is 30.3 Å². The van der Waals surface area contributed by atoms with Crippen LogP contribution in [0, 0.1) is 0 Å². The highest BCUT2D eigenvalue weighted by atomic mass is 32.2. The molecule has 8 nitrogen and oxygen atoms in total. The van der Waals surface area contributed by atoms with Crippen molar-refractivity contribution < 1.29 is 22.7 Å². The summed E-state index contributed by atoms with van der Waals surface area (Å²) in [6.45, 7) is 5.26. The van der Waals surface area contributed by atoms with Crippen molar-refractivity contribution in [3.05, 3.63) is 30.3 Å². The monoisotopic (exact) mass is 397 g/mol. The molecular formula is C18H27N3O5S. The summed E-state index contributed by atoms with van der Waals surface area (Å²) in [7, 11) is -3.64. The van der Waals surface area contributed by atoms with Gasteiger partial charge in [0, 0.05) is 26.2 Å². The number of anilines is 1. The molecule has 1 aliphatic rings. The number of para-hydroxylation sites is 1. The largest absolute Gasteiger partial charge is 0.450 e. The Morgan fingerprint density at radius 2 is 1.63 bits per heavy atom. The van der Waals surface area contributed by atoms with Gasteiger partial charge < -0.3 is 14.5 Å². The molecule has 0 aliphatic carbocycles. The van der Waals surface area contributed by atoms with Crippen LogP contribution in [0.2, 0.25) is 0 Å². The molecule has 2 amide bonds. The molecule has 9 heteroatoms. The quantitative estimate of drug-likeness (QED) is 0.727. The Kier molecular flexibility index (Phi) is 7.06. The average Bonchev–Trinajstić information content (AvgIpc) is 2.65. The van der Waals surface area contributed by atoms with Crippen LogP contribution in [0.3, 0.4) is 0 Å². The highest BCUT2D eigenvalue weighted by molar-refractivity contribution is 7.92. The Balaban J connectivity index is 2.16. The second-order valence-corrected chi connectivity index (χ2v) is 8.19. The smallest absolute Gasteiger partial charge is 0.409 e. The predicted octanol–water partition coefficient (Wildman–Crippen LogP) is 1.53. The van der Waals surface area contributed by atoms with Gasteiger partial charge in [-0.2, -0.15) is 0 Å². The van der Waals surface area contributed by atoms with Crippen molar-refractivity contribution in [2.75, 3.05) is 43.3 Å². The van der Waals surface area contributed by atoms with E-state index in [9.17, 15) is 18.0 Å². The zero-order valence-electron chi connectivity index (χ0n) is 16.0. The lowest BCUT2D eigenvalue weighted by Gasteiger charge is -2.38. The fourth-order valence-corrected chi connectivity index (χ4v) is 4.36. The molecule has 0 saturated carbocycles. The first-order valence-electron chi connectivity index (χ1n) is 9.04. The molecule has 0 unspecified atom stereocenters. The number of sulfonamides is 1. The van der Waals surface area contributed by atoms with Gasteiger partial charge in [-0.15, -0.1) is 0 Å². The maximum absolute atomic E-state index is 13.1. The third kappa shape index (κ3) is 5.12. The molecule has 1 atom stereocenters. The van der Waals surface area contributed by atoms with Crippen LogP contribution < -0.4 is 4.31 Å². The van der Waals surface area contributed by atoms with E-state index in [4.69, 9.17) is 4.74 Å². The summed E-state index contributed by atoms with van der Waals surface area (Å²) in [5, 5.41) is 0. The van der Waals surface area contributed by atoms with Gasteiger partial charge in [0.05, 0.1) is 18.6 Å². The van der Waals surface area contributed by atoms with Crippen molar-refractivity contribution in [2.24, 2.45) is 0 Å². The lowest BCUT2D eigenvalue weighted by Crippen LogP contribution is -2.56. The van der Waals surface area contributed by atoms with Crippen LogP contribution in [0.5, 0.6) is 0 Å². The molecule has 1 heterocycles. The van der Waals surface area contributed by atoms with Crippen molar-refractivity contribution >= 4 is 27.7 Å². The highest BCUT2D eigenvalue weighted by Gasteiger charge is 2.35. The molecule has 0 N–H and O–H groups in total. The third-order valence-corrected chi connectivity index (χ3v) is 5.62. The van der Waals surface area contributed by atoms with E-state index in [1.54, 1.807) is 54.0 Å². The minimum atomic E-state index is -3.64. The summed E-state index contributed by atoms with van der Waals surface area (Å²) in [4.78, 5) is 28.1. The number of ether oxygens (including phenoxy) is 1. The van der Waals surface area contributed by atoms with Gasteiger partial charge in [-0.25, -0.2) is 13.2 Å². The van der Waals surface area contributed by atoms with Crippen LogP contribution in [0.4, 0.5) is 10.5 Å². The van der Waals surface area contributed by atoms with Gasteiger partial charge in [0.25, 0.3) is 0 Å². The molecule has 0 aromatic heterocycles. The summed E-state index contributed by atoms with van der Waals surface area (Å²) in [6.07, 6.45) is 1.06. The molecule has 1 aromatic rings. The van der Waals surface area contributed by atoms with Gasteiger partial charge in [0.2, 0.25) is 15.9 Å². The second-order valence-electron chi connectivity index (χ2n) is 6.33. The molecular weight excluding hydrogens is 370 g/mol. The van der Waals surface area contributed by atoms with E-state index in [2.05, 4.69) is 0 Å². The van der Waals surface area contributed by atoms with Crippen LogP contribution in [0.1, 0.15) is 20.3 Å². The fraction of sp³-hybridized carbons (Fsp3) is 0.556. The lowest BCUT2D eigenvalue weighted by molar-refractivity contribution is -0.134. The average molecular weight is 397 g/mol. The first kappa shape index (κ1) is 21.0. The summed E-state index contributed by atoms with van der Waals surface area (Å²) >= 11 is 0. The first-order chi connectivity index (χ1) is 12.8. The standard InChI is InChI=1S/C18H27N3O5S/c1-4-16(21(27(3,24)25)15-9-7-6-8-10-15)17(22)19-11-13-20(14-12-19)18(23)26-5-2/h6-10,16H,4-5,11-14H2,1-3H3/t16-/m0/s1. The number of piperazine rings is 1. The molecule has 0 radical (unpaired) electrons. The van der Waals surface area contributed by atoms with Crippen molar-refractivity contribution in [1.29, 1.82) is 0 Å². The number of hydrogen-bond donors (Lipinski definition) is 0. The van der Waals surface area contributed by atoms with E-state index in [1.807, 2.05) is 0 Å². The maximum atomic E-state index is 13.1. The van der Waals surface area contributed by atoms with E-state index in [0.717, 1.165) is 6.26 Å². The number of carbonyl (C=O) groups is 2. The highest BCUT2D eigenvalue weighted by Crippen LogP contribution is 2.23. The minimum absolute atomic E-state index is 0.254. The number of amides is 2. The van der Waals surface area contributed by atoms with E-state index in [1.165, 1.54) is 4.31 Å². The second kappa shape index (κ2) is 9.07.